The Morgan fingerprint density at radius 2 is 2.11 bits per heavy atom. The molecule has 1 aromatic rings. The molecule has 2 atom stereocenters. The molecule has 0 aromatic heterocycles. The fourth-order valence-corrected chi connectivity index (χ4v) is 3.79. The Morgan fingerprint density at radius 1 is 1.32 bits per heavy atom. The van der Waals surface area contributed by atoms with Gasteiger partial charge in [-0.25, -0.2) is 0 Å². The largest absolute Gasteiger partial charge is 0.368 e. The van der Waals surface area contributed by atoms with Crippen molar-refractivity contribution in [2.24, 2.45) is 11.7 Å². The molecule has 2 unspecified atom stereocenters. The first-order valence-electron chi connectivity index (χ1n) is 7.38. The Morgan fingerprint density at radius 3 is 2.79 bits per heavy atom. The van der Waals surface area contributed by atoms with Gasteiger partial charge in [-0.1, -0.05) is 19.9 Å². The van der Waals surface area contributed by atoms with Gasteiger partial charge in [-0.3, -0.25) is 0 Å². The predicted molar refractivity (Wildman–Crippen MR) is 85.9 cm³/mol. The number of hydrogen-bond acceptors (Lipinski definition) is 3. The number of nitrogens with two attached hydrogens (primary N) is 1. The molecule has 3 heteroatoms. The summed E-state index contributed by atoms with van der Waals surface area (Å²) in [6.45, 7) is 8.69. The van der Waals surface area contributed by atoms with Crippen molar-refractivity contribution >= 4 is 17.4 Å². The Hall–Kier alpha value is -0.670. The van der Waals surface area contributed by atoms with Crippen LogP contribution in [0.5, 0.6) is 0 Å². The molecule has 2 N–H and O–H groups in total. The number of hydrogen-bond donors (Lipinski definition) is 1. The van der Waals surface area contributed by atoms with Crippen LogP contribution in [-0.2, 0) is 6.54 Å². The van der Waals surface area contributed by atoms with Crippen LogP contribution in [0.1, 0.15) is 39.2 Å². The van der Waals surface area contributed by atoms with Crippen LogP contribution in [0.25, 0.3) is 0 Å². The van der Waals surface area contributed by atoms with Crippen molar-refractivity contribution in [1.29, 1.82) is 0 Å². The second-order valence-electron chi connectivity index (χ2n) is 5.57. The molecule has 1 aliphatic rings. The van der Waals surface area contributed by atoms with E-state index in [4.69, 9.17) is 5.73 Å². The fourth-order valence-electron chi connectivity index (χ4n) is 2.94. The molecule has 106 valence electrons. The highest BCUT2D eigenvalue weighted by Gasteiger charge is 2.25. The van der Waals surface area contributed by atoms with E-state index in [0.717, 1.165) is 18.2 Å². The maximum absolute atomic E-state index is 6.03. The fraction of sp³-hybridized carbons (Fsp3) is 0.625. The van der Waals surface area contributed by atoms with Gasteiger partial charge >= 0.3 is 0 Å². The Labute approximate surface area is 121 Å². The highest BCUT2D eigenvalue weighted by molar-refractivity contribution is 7.99. The number of nitrogens with zero attached hydrogens (tertiary/aromatic N) is 1. The molecular weight excluding hydrogens is 252 g/mol. The predicted octanol–water partition coefficient (Wildman–Crippen LogP) is 3.88. The summed E-state index contributed by atoms with van der Waals surface area (Å²) in [7, 11) is 0. The molecule has 1 aromatic carbocycles. The van der Waals surface area contributed by atoms with Gasteiger partial charge in [-0.2, -0.15) is 0 Å². The summed E-state index contributed by atoms with van der Waals surface area (Å²) in [5, 5.41) is 0. The first-order valence-corrected chi connectivity index (χ1v) is 8.37. The van der Waals surface area contributed by atoms with Gasteiger partial charge in [0.25, 0.3) is 0 Å². The third kappa shape index (κ3) is 3.26. The quantitative estimate of drug-likeness (QED) is 0.847. The molecule has 0 amide bonds. The van der Waals surface area contributed by atoms with Crippen molar-refractivity contribution in [3.8, 4) is 0 Å². The van der Waals surface area contributed by atoms with Crippen molar-refractivity contribution in [3.05, 3.63) is 23.8 Å². The van der Waals surface area contributed by atoms with Crippen molar-refractivity contribution in [2.75, 3.05) is 17.2 Å². The van der Waals surface area contributed by atoms with Crippen molar-refractivity contribution < 1.29 is 0 Å². The van der Waals surface area contributed by atoms with Gasteiger partial charge in [-0.05, 0) is 43.6 Å². The van der Waals surface area contributed by atoms with Gasteiger partial charge in [0.2, 0.25) is 0 Å². The molecule has 1 saturated heterocycles. The zero-order chi connectivity index (χ0) is 13.8. The van der Waals surface area contributed by atoms with Crippen LogP contribution >= 0.6 is 11.8 Å². The number of piperidine rings is 1. The molecule has 2 rings (SSSR count). The molecule has 0 aliphatic carbocycles. The summed E-state index contributed by atoms with van der Waals surface area (Å²) in [6, 6.07) is 7.26. The number of anilines is 1. The van der Waals surface area contributed by atoms with Gasteiger partial charge in [0.1, 0.15) is 0 Å². The molecule has 0 saturated carbocycles. The highest BCUT2D eigenvalue weighted by Crippen LogP contribution is 2.34. The van der Waals surface area contributed by atoms with E-state index in [-0.39, 0.29) is 0 Å². The van der Waals surface area contributed by atoms with Crippen molar-refractivity contribution in [3.63, 3.8) is 0 Å². The van der Waals surface area contributed by atoms with E-state index in [1.165, 1.54) is 29.0 Å². The lowest BCUT2D eigenvalue weighted by atomic mass is 9.93. The van der Waals surface area contributed by atoms with Gasteiger partial charge in [0.15, 0.2) is 0 Å². The zero-order valence-corrected chi connectivity index (χ0v) is 13.2. The molecule has 2 nitrogen and oxygen atoms in total. The van der Waals surface area contributed by atoms with Crippen molar-refractivity contribution in [1.82, 2.24) is 0 Å². The molecule has 0 bridgehead atoms. The number of thioether (sulfide) groups is 1. The van der Waals surface area contributed by atoms with Gasteiger partial charge in [-0.15, -0.1) is 11.8 Å². The third-order valence-corrected chi connectivity index (χ3v) is 5.02. The molecule has 19 heavy (non-hydrogen) atoms. The standard InChI is InChI=1S/C16H26N2S/c1-4-19-16-7-5-6-15(14(16)10-17)18-11-12(2)8-9-13(18)3/h5-7,12-13H,4,8-11,17H2,1-3H3. The first kappa shape index (κ1) is 14.7. The lowest BCUT2D eigenvalue weighted by molar-refractivity contribution is 0.389. The number of benzene rings is 1. The van der Waals surface area contributed by atoms with Crippen LogP contribution in [0, 0.1) is 5.92 Å². The minimum absolute atomic E-state index is 0.628. The number of rotatable bonds is 4. The van der Waals surface area contributed by atoms with Gasteiger partial charge < -0.3 is 10.6 Å². The van der Waals surface area contributed by atoms with Crippen molar-refractivity contribution in [2.45, 2.75) is 51.1 Å². The maximum atomic E-state index is 6.03. The average Bonchev–Trinajstić information content (AvgIpc) is 2.41. The molecule has 0 spiro atoms. The minimum atomic E-state index is 0.628. The second kappa shape index (κ2) is 6.67. The van der Waals surface area contributed by atoms with Crippen LogP contribution < -0.4 is 10.6 Å². The summed E-state index contributed by atoms with van der Waals surface area (Å²) < 4.78 is 0. The lowest BCUT2D eigenvalue weighted by Gasteiger charge is -2.40. The van der Waals surface area contributed by atoms with E-state index < -0.39 is 0 Å². The summed E-state index contributed by atoms with van der Waals surface area (Å²) in [5.74, 6) is 1.88. The van der Waals surface area contributed by atoms with Crippen LogP contribution in [0.4, 0.5) is 5.69 Å². The molecule has 1 heterocycles. The lowest BCUT2D eigenvalue weighted by Crippen LogP contribution is -2.41. The zero-order valence-electron chi connectivity index (χ0n) is 12.4. The van der Waals surface area contributed by atoms with E-state index in [0.29, 0.717) is 12.6 Å². The third-order valence-electron chi connectivity index (χ3n) is 4.04. The normalized spacial score (nSPS) is 23.7. The smallest absolute Gasteiger partial charge is 0.0425 e. The molecule has 1 fully saturated rings. The summed E-state index contributed by atoms with van der Waals surface area (Å²) in [5.41, 5.74) is 8.72. The average molecular weight is 278 g/mol. The summed E-state index contributed by atoms with van der Waals surface area (Å²) >= 11 is 1.90. The maximum Gasteiger partial charge on any atom is 0.0425 e. The van der Waals surface area contributed by atoms with Gasteiger partial charge in [0.05, 0.1) is 0 Å². The van der Waals surface area contributed by atoms with E-state index in [9.17, 15) is 0 Å². The molecule has 0 radical (unpaired) electrons. The highest BCUT2D eigenvalue weighted by atomic mass is 32.2. The topological polar surface area (TPSA) is 29.3 Å². The van der Waals surface area contributed by atoms with Crippen LogP contribution in [0.3, 0.4) is 0 Å². The second-order valence-corrected chi connectivity index (χ2v) is 6.88. The van der Waals surface area contributed by atoms with E-state index in [1.807, 2.05) is 11.8 Å². The Balaban J connectivity index is 2.34. The SMILES string of the molecule is CCSc1cccc(N2CC(C)CCC2C)c1CN. The van der Waals surface area contributed by atoms with E-state index >= 15 is 0 Å². The monoisotopic (exact) mass is 278 g/mol. The Kier molecular flexibility index (Phi) is 5.17. The first-order chi connectivity index (χ1) is 9.17. The van der Waals surface area contributed by atoms with E-state index in [1.54, 1.807) is 0 Å². The van der Waals surface area contributed by atoms with E-state index in [2.05, 4.69) is 43.9 Å². The summed E-state index contributed by atoms with van der Waals surface area (Å²) in [6.07, 6.45) is 2.63. The van der Waals surface area contributed by atoms with Crippen LogP contribution in [0.2, 0.25) is 0 Å². The Bertz CT molecular complexity index is 419. The molecular formula is C16H26N2S. The van der Waals surface area contributed by atoms with Crippen LogP contribution in [0.15, 0.2) is 23.1 Å². The van der Waals surface area contributed by atoms with Crippen LogP contribution in [-0.4, -0.2) is 18.3 Å². The summed E-state index contributed by atoms with van der Waals surface area (Å²) in [4.78, 5) is 3.92. The van der Waals surface area contributed by atoms with Gasteiger partial charge in [0, 0.05) is 35.3 Å². The molecule has 1 aliphatic heterocycles. The minimum Gasteiger partial charge on any atom is -0.368 e.